The van der Waals surface area contributed by atoms with Crippen LogP contribution in [0.25, 0.3) is 0 Å². The van der Waals surface area contributed by atoms with E-state index in [9.17, 15) is 5.11 Å². The van der Waals surface area contributed by atoms with E-state index < -0.39 is 5.72 Å². The molecular formula is C14H31NO. The van der Waals surface area contributed by atoms with Gasteiger partial charge in [0.15, 0.2) is 0 Å². The zero-order chi connectivity index (χ0) is 12.8. The van der Waals surface area contributed by atoms with Gasteiger partial charge in [-0.1, -0.05) is 53.9 Å². The first-order valence-corrected chi connectivity index (χ1v) is 6.70. The number of hydrogen-bond acceptors (Lipinski definition) is 2. The summed E-state index contributed by atoms with van der Waals surface area (Å²) < 4.78 is 0. The normalized spacial score (nSPS) is 18.2. The molecule has 0 aliphatic carbocycles. The Morgan fingerprint density at radius 3 is 2.12 bits per heavy atom. The van der Waals surface area contributed by atoms with Gasteiger partial charge < -0.3 is 10.8 Å². The van der Waals surface area contributed by atoms with E-state index in [4.69, 9.17) is 5.73 Å². The first-order chi connectivity index (χ1) is 7.19. The van der Waals surface area contributed by atoms with Crippen LogP contribution in [-0.2, 0) is 0 Å². The Kier molecular flexibility index (Phi) is 6.57. The predicted octanol–water partition coefficient (Wildman–Crippen LogP) is 3.68. The molecule has 0 aliphatic heterocycles. The van der Waals surface area contributed by atoms with Gasteiger partial charge in [0.1, 0.15) is 5.72 Å². The van der Waals surface area contributed by atoms with E-state index in [1.165, 1.54) is 19.3 Å². The van der Waals surface area contributed by atoms with Crippen molar-refractivity contribution in [2.24, 2.45) is 17.1 Å². The van der Waals surface area contributed by atoms with Crippen LogP contribution >= 0.6 is 0 Å². The fourth-order valence-electron chi connectivity index (χ4n) is 1.77. The molecule has 2 nitrogen and oxygen atoms in total. The smallest absolute Gasteiger partial charge is 0.116 e. The van der Waals surface area contributed by atoms with Crippen molar-refractivity contribution in [3.05, 3.63) is 0 Å². The average Bonchev–Trinajstić information content (AvgIpc) is 2.14. The summed E-state index contributed by atoms with van der Waals surface area (Å²) in [6, 6.07) is 0. The zero-order valence-corrected chi connectivity index (χ0v) is 11.8. The molecule has 0 spiro atoms. The van der Waals surface area contributed by atoms with E-state index in [2.05, 4.69) is 34.6 Å². The molecule has 0 aromatic rings. The molecule has 0 saturated heterocycles. The SMILES string of the molecule is CCCCCC(C)C(N)(O)CCC(C)(C)C. The van der Waals surface area contributed by atoms with Gasteiger partial charge in [-0.05, 0) is 30.6 Å². The maximum Gasteiger partial charge on any atom is 0.116 e. The number of aliphatic hydroxyl groups is 1. The van der Waals surface area contributed by atoms with Crippen LogP contribution in [0.4, 0.5) is 0 Å². The van der Waals surface area contributed by atoms with Crippen LogP contribution in [0.5, 0.6) is 0 Å². The van der Waals surface area contributed by atoms with E-state index in [1.807, 2.05) is 0 Å². The molecule has 0 amide bonds. The summed E-state index contributed by atoms with van der Waals surface area (Å²) in [7, 11) is 0. The van der Waals surface area contributed by atoms with Crippen LogP contribution in [0, 0.1) is 11.3 Å². The highest BCUT2D eigenvalue weighted by molar-refractivity contribution is 4.79. The number of hydrogen-bond donors (Lipinski definition) is 2. The van der Waals surface area contributed by atoms with Gasteiger partial charge in [-0.25, -0.2) is 0 Å². The summed E-state index contributed by atoms with van der Waals surface area (Å²) in [5.74, 6) is 0.196. The van der Waals surface area contributed by atoms with Crippen molar-refractivity contribution in [2.75, 3.05) is 0 Å². The first kappa shape index (κ1) is 15.9. The van der Waals surface area contributed by atoms with E-state index >= 15 is 0 Å². The van der Waals surface area contributed by atoms with Gasteiger partial charge >= 0.3 is 0 Å². The third kappa shape index (κ3) is 7.24. The quantitative estimate of drug-likeness (QED) is 0.517. The minimum atomic E-state index is -0.985. The Morgan fingerprint density at radius 2 is 1.69 bits per heavy atom. The van der Waals surface area contributed by atoms with Crippen LogP contribution in [0.2, 0.25) is 0 Å². The lowest BCUT2D eigenvalue weighted by atomic mass is 9.82. The monoisotopic (exact) mass is 229 g/mol. The topological polar surface area (TPSA) is 46.2 Å². The van der Waals surface area contributed by atoms with Crippen molar-refractivity contribution < 1.29 is 5.11 Å². The lowest BCUT2D eigenvalue weighted by Crippen LogP contribution is -2.46. The second-order valence-corrected chi connectivity index (χ2v) is 6.45. The molecule has 0 fully saturated rings. The first-order valence-electron chi connectivity index (χ1n) is 6.70. The Hall–Kier alpha value is -0.0800. The molecule has 16 heavy (non-hydrogen) atoms. The summed E-state index contributed by atoms with van der Waals surface area (Å²) >= 11 is 0. The Bertz CT molecular complexity index is 182. The van der Waals surface area contributed by atoms with Crippen LogP contribution in [0.1, 0.15) is 73.1 Å². The fraction of sp³-hybridized carbons (Fsp3) is 1.00. The number of nitrogens with two attached hydrogens (primary N) is 1. The number of rotatable bonds is 7. The van der Waals surface area contributed by atoms with E-state index in [1.54, 1.807) is 0 Å². The van der Waals surface area contributed by atoms with Gasteiger partial charge in [0, 0.05) is 0 Å². The Morgan fingerprint density at radius 1 is 1.12 bits per heavy atom. The summed E-state index contributed by atoms with van der Waals surface area (Å²) in [5.41, 5.74) is 5.27. The number of unbranched alkanes of at least 4 members (excludes halogenated alkanes) is 2. The molecule has 0 aromatic carbocycles. The molecule has 0 saturated carbocycles. The molecule has 2 unspecified atom stereocenters. The molecule has 0 bridgehead atoms. The van der Waals surface area contributed by atoms with Crippen molar-refractivity contribution in [1.82, 2.24) is 0 Å². The van der Waals surface area contributed by atoms with Gasteiger partial charge in [-0.15, -0.1) is 0 Å². The highest BCUT2D eigenvalue weighted by Gasteiger charge is 2.29. The van der Waals surface area contributed by atoms with Gasteiger partial charge in [0.25, 0.3) is 0 Å². The second-order valence-electron chi connectivity index (χ2n) is 6.45. The zero-order valence-electron chi connectivity index (χ0n) is 11.8. The Labute approximate surface area is 102 Å². The minimum absolute atomic E-state index is 0.196. The van der Waals surface area contributed by atoms with Crippen LogP contribution in [-0.4, -0.2) is 10.8 Å². The van der Waals surface area contributed by atoms with E-state index in [0.717, 1.165) is 12.8 Å². The van der Waals surface area contributed by atoms with Gasteiger partial charge in [0.2, 0.25) is 0 Å². The standard InChI is InChI=1S/C14H31NO/c1-6-7-8-9-12(2)14(15,16)11-10-13(3,4)5/h12,16H,6-11,15H2,1-5H3. The van der Waals surface area contributed by atoms with E-state index in [0.29, 0.717) is 6.42 Å². The molecular weight excluding hydrogens is 198 g/mol. The highest BCUT2D eigenvalue weighted by Crippen LogP contribution is 2.29. The second kappa shape index (κ2) is 6.61. The summed E-state index contributed by atoms with van der Waals surface area (Å²) in [4.78, 5) is 0. The Balaban J connectivity index is 3.99. The third-order valence-corrected chi connectivity index (χ3v) is 3.37. The highest BCUT2D eigenvalue weighted by atomic mass is 16.3. The maximum atomic E-state index is 10.2. The summed E-state index contributed by atoms with van der Waals surface area (Å²) in [5, 5.41) is 10.2. The van der Waals surface area contributed by atoms with Crippen molar-refractivity contribution in [1.29, 1.82) is 0 Å². The summed E-state index contributed by atoms with van der Waals surface area (Å²) in [6.07, 6.45) is 6.33. The average molecular weight is 229 g/mol. The van der Waals surface area contributed by atoms with Gasteiger partial charge in [0.05, 0.1) is 0 Å². The molecule has 0 aliphatic rings. The fourth-order valence-corrected chi connectivity index (χ4v) is 1.77. The molecule has 98 valence electrons. The molecule has 0 radical (unpaired) electrons. The summed E-state index contributed by atoms with van der Waals surface area (Å²) in [6.45, 7) is 10.8. The predicted molar refractivity (Wildman–Crippen MR) is 71.1 cm³/mol. The third-order valence-electron chi connectivity index (χ3n) is 3.37. The van der Waals surface area contributed by atoms with Crippen molar-refractivity contribution in [3.8, 4) is 0 Å². The van der Waals surface area contributed by atoms with Crippen molar-refractivity contribution in [3.63, 3.8) is 0 Å². The largest absolute Gasteiger partial charge is 0.376 e. The molecule has 0 rings (SSSR count). The van der Waals surface area contributed by atoms with Gasteiger partial charge in [-0.3, -0.25) is 0 Å². The molecule has 0 aromatic heterocycles. The van der Waals surface area contributed by atoms with Crippen LogP contribution in [0.15, 0.2) is 0 Å². The molecule has 2 atom stereocenters. The molecule has 3 N–H and O–H groups in total. The van der Waals surface area contributed by atoms with Crippen molar-refractivity contribution in [2.45, 2.75) is 78.9 Å². The van der Waals surface area contributed by atoms with Crippen LogP contribution in [0.3, 0.4) is 0 Å². The molecule has 0 heterocycles. The maximum absolute atomic E-state index is 10.2. The van der Waals surface area contributed by atoms with Gasteiger partial charge in [-0.2, -0.15) is 0 Å². The van der Waals surface area contributed by atoms with E-state index in [-0.39, 0.29) is 11.3 Å². The van der Waals surface area contributed by atoms with Crippen molar-refractivity contribution >= 4 is 0 Å². The lowest BCUT2D eigenvalue weighted by Gasteiger charge is -2.33. The minimum Gasteiger partial charge on any atom is -0.376 e. The molecule has 2 heteroatoms. The van der Waals surface area contributed by atoms with Crippen LogP contribution < -0.4 is 5.73 Å². The lowest BCUT2D eigenvalue weighted by molar-refractivity contribution is -0.0259.